The number of benzene rings is 2. The average molecular weight is 224 g/mol. The summed E-state index contributed by atoms with van der Waals surface area (Å²) >= 11 is 0. The molecule has 0 radical (unpaired) electrons. The van der Waals surface area contributed by atoms with Crippen LogP contribution in [0.2, 0.25) is 0 Å². The maximum absolute atomic E-state index is 11.9. The van der Waals surface area contributed by atoms with Crippen LogP contribution in [0.4, 0.5) is 5.69 Å². The minimum absolute atomic E-state index is 0.0648. The van der Waals surface area contributed by atoms with Gasteiger partial charge in [-0.05, 0) is 12.1 Å². The standard InChI is InChI=1S/C15H13NO/c17-15(13-7-3-1-4-8-13)11-12-16-14-9-5-2-6-10-14/h1-12,16H/b12-11-/i11D. The summed E-state index contributed by atoms with van der Waals surface area (Å²) in [4.78, 5) is 11.9. The number of carbonyl (C=O) groups is 1. The van der Waals surface area contributed by atoms with Gasteiger partial charge < -0.3 is 5.32 Å². The summed E-state index contributed by atoms with van der Waals surface area (Å²) in [6, 6.07) is 18.2. The van der Waals surface area contributed by atoms with Crippen molar-refractivity contribution in [3.8, 4) is 0 Å². The first-order valence-electron chi connectivity index (χ1n) is 5.85. The van der Waals surface area contributed by atoms with Crippen LogP contribution in [-0.4, -0.2) is 5.78 Å². The van der Waals surface area contributed by atoms with Crippen LogP contribution in [0.1, 0.15) is 11.7 Å². The first-order chi connectivity index (χ1) is 8.77. The third-order valence-electron chi connectivity index (χ3n) is 2.25. The number of para-hydroxylation sites is 1. The van der Waals surface area contributed by atoms with Crippen molar-refractivity contribution in [1.29, 1.82) is 0 Å². The molecule has 0 aliphatic rings. The second-order valence-electron chi connectivity index (χ2n) is 3.49. The van der Waals surface area contributed by atoms with Gasteiger partial charge >= 0.3 is 0 Å². The van der Waals surface area contributed by atoms with Crippen LogP contribution in [-0.2, 0) is 0 Å². The Hall–Kier alpha value is -2.35. The summed E-state index contributed by atoms with van der Waals surface area (Å²) in [6.07, 6.45) is 1.41. The fourth-order valence-electron chi connectivity index (χ4n) is 1.39. The Labute approximate surface area is 102 Å². The smallest absolute Gasteiger partial charge is 0.187 e. The predicted octanol–water partition coefficient (Wildman–Crippen LogP) is 3.50. The van der Waals surface area contributed by atoms with Gasteiger partial charge in [-0.1, -0.05) is 48.5 Å². The Bertz CT molecular complexity index is 549. The molecular formula is C15H13NO. The van der Waals surface area contributed by atoms with Gasteiger partial charge in [-0.25, -0.2) is 0 Å². The van der Waals surface area contributed by atoms with Crippen molar-refractivity contribution < 1.29 is 6.17 Å². The SMILES string of the molecule is [2H]/C(=C/Nc1ccccc1)C(=O)c1ccccc1. The number of nitrogens with one attached hydrogen (secondary N) is 1. The summed E-state index contributed by atoms with van der Waals surface area (Å²) in [5.74, 6) is -0.293. The van der Waals surface area contributed by atoms with E-state index in [1.54, 1.807) is 24.3 Å². The molecule has 0 spiro atoms. The fraction of sp³-hybridized carbons (Fsp3) is 0. The highest BCUT2D eigenvalue weighted by Crippen LogP contribution is 2.05. The molecule has 0 aliphatic heterocycles. The molecule has 2 nitrogen and oxygen atoms in total. The molecule has 0 heterocycles. The summed E-state index contributed by atoms with van der Waals surface area (Å²) < 4.78 is 7.71. The highest BCUT2D eigenvalue weighted by Gasteiger charge is 1.98. The second-order valence-corrected chi connectivity index (χ2v) is 3.49. The van der Waals surface area contributed by atoms with Crippen molar-refractivity contribution in [1.82, 2.24) is 0 Å². The summed E-state index contributed by atoms with van der Waals surface area (Å²) in [6.45, 7) is 0. The van der Waals surface area contributed by atoms with Crippen LogP contribution < -0.4 is 5.32 Å². The quantitative estimate of drug-likeness (QED) is 0.636. The molecule has 0 saturated carbocycles. The number of rotatable bonds is 4. The number of anilines is 1. The van der Waals surface area contributed by atoms with Gasteiger partial charge in [0, 0.05) is 23.5 Å². The van der Waals surface area contributed by atoms with Crippen molar-refractivity contribution in [2.24, 2.45) is 0 Å². The van der Waals surface area contributed by atoms with E-state index in [4.69, 9.17) is 1.37 Å². The highest BCUT2D eigenvalue weighted by atomic mass is 16.1. The van der Waals surface area contributed by atoms with Gasteiger partial charge in [0.2, 0.25) is 0 Å². The minimum atomic E-state index is -0.293. The van der Waals surface area contributed by atoms with Crippen LogP contribution in [0.15, 0.2) is 72.9 Å². The van der Waals surface area contributed by atoms with Gasteiger partial charge in [0.1, 0.15) is 0 Å². The van der Waals surface area contributed by atoms with E-state index >= 15 is 0 Å². The second kappa shape index (κ2) is 5.66. The molecule has 0 amide bonds. The third-order valence-corrected chi connectivity index (χ3v) is 2.25. The van der Waals surface area contributed by atoms with Crippen LogP contribution in [0.5, 0.6) is 0 Å². The van der Waals surface area contributed by atoms with E-state index in [1.165, 1.54) is 6.20 Å². The Morgan fingerprint density at radius 3 is 2.24 bits per heavy atom. The third kappa shape index (κ3) is 3.31. The predicted molar refractivity (Wildman–Crippen MR) is 70.0 cm³/mol. The molecule has 2 aromatic rings. The van der Waals surface area contributed by atoms with E-state index in [9.17, 15) is 4.79 Å². The Kier molecular flexibility index (Phi) is 3.28. The molecule has 2 rings (SSSR count). The number of hydrogen-bond acceptors (Lipinski definition) is 2. The maximum atomic E-state index is 11.9. The van der Waals surface area contributed by atoms with Gasteiger partial charge in [-0.15, -0.1) is 0 Å². The molecule has 0 unspecified atom stereocenters. The first kappa shape index (κ1) is 9.85. The molecule has 2 heteroatoms. The van der Waals surface area contributed by atoms with Crippen molar-refractivity contribution >= 4 is 11.5 Å². The van der Waals surface area contributed by atoms with Crippen molar-refractivity contribution in [2.75, 3.05) is 5.32 Å². The number of carbonyl (C=O) groups excluding carboxylic acids is 1. The average Bonchev–Trinajstić information content (AvgIpc) is 2.46. The van der Waals surface area contributed by atoms with Crippen LogP contribution >= 0.6 is 0 Å². The van der Waals surface area contributed by atoms with Gasteiger partial charge in [-0.3, -0.25) is 4.79 Å². The first-order valence-corrected chi connectivity index (χ1v) is 5.35. The normalized spacial score (nSPS) is 11.8. The zero-order valence-electron chi connectivity index (χ0n) is 10.3. The van der Waals surface area contributed by atoms with E-state index in [1.807, 2.05) is 36.4 Å². The number of hydrogen-bond donors (Lipinski definition) is 1. The summed E-state index contributed by atoms with van der Waals surface area (Å²) in [5.41, 5.74) is 1.37. The lowest BCUT2D eigenvalue weighted by Crippen LogP contribution is -1.95. The maximum Gasteiger partial charge on any atom is 0.187 e. The van der Waals surface area contributed by atoms with Crippen LogP contribution in [0.3, 0.4) is 0 Å². The molecule has 17 heavy (non-hydrogen) atoms. The molecule has 1 N–H and O–H groups in total. The molecule has 0 aromatic heterocycles. The molecule has 0 saturated heterocycles. The minimum Gasteiger partial charge on any atom is -0.362 e. The van der Waals surface area contributed by atoms with E-state index in [2.05, 4.69) is 5.32 Å². The Morgan fingerprint density at radius 1 is 1.00 bits per heavy atom. The highest BCUT2D eigenvalue weighted by molar-refractivity contribution is 6.04. The monoisotopic (exact) mass is 224 g/mol. The molecule has 0 fully saturated rings. The van der Waals surface area contributed by atoms with E-state index in [0.29, 0.717) is 5.56 Å². The zero-order valence-corrected chi connectivity index (χ0v) is 9.26. The summed E-state index contributed by atoms with van der Waals surface area (Å²) in [5, 5.41) is 2.92. The van der Waals surface area contributed by atoms with Gasteiger partial charge in [0.25, 0.3) is 0 Å². The molecule has 0 atom stereocenters. The molecule has 84 valence electrons. The van der Waals surface area contributed by atoms with Gasteiger partial charge in [0.05, 0.1) is 1.37 Å². The van der Waals surface area contributed by atoms with Crippen LogP contribution in [0, 0.1) is 0 Å². The molecular weight excluding hydrogens is 210 g/mol. The Morgan fingerprint density at radius 2 is 1.59 bits per heavy atom. The largest absolute Gasteiger partial charge is 0.362 e. The number of allylic oxidation sites excluding steroid dienone is 1. The fourth-order valence-corrected chi connectivity index (χ4v) is 1.39. The van der Waals surface area contributed by atoms with E-state index in [-0.39, 0.29) is 11.8 Å². The zero-order chi connectivity index (χ0) is 12.8. The molecule has 0 bridgehead atoms. The lowest BCUT2D eigenvalue weighted by molar-refractivity contribution is 0.104. The number of ketones is 1. The van der Waals surface area contributed by atoms with Crippen molar-refractivity contribution in [2.45, 2.75) is 0 Å². The lowest BCUT2D eigenvalue weighted by Gasteiger charge is -1.98. The van der Waals surface area contributed by atoms with E-state index in [0.717, 1.165) is 5.69 Å². The summed E-state index contributed by atoms with van der Waals surface area (Å²) in [7, 11) is 0. The van der Waals surface area contributed by atoms with Gasteiger partial charge in [-0.2, -0.15) is 0 Å². The molecule has 0 aliphatic carbocycles. The van der Waals surface area contributed by atoms with Gasteiger partial charge in [0.15, 0.2) is 5.78 Å². The van der Waals surface area contributed by atoms with Crippen LogP contribution in [0.25, 0.3) is 0 Å². The Balaban J connectivity index is 2.08. The van der Waals surface area contributed by atoms with Crippen molar-refractivity contribution in [3.05, 3.63) is 78.5 Å². The van der Waals surface area contributed by atoms with Crippen molar-refractivity contribution in [3.63, 3.8) is 0 Å². The topological polar surface area (TPSA) is 29.1 Å². The lowest BCUT2D eigenvalue weighted by atomic mass is 10.1. The van der Waals surface area contributed by atoms with E-state index < -0.39 is 0 Å². The molecule has 2 aromatic carbocycles.